The van der Waals surface area contributed by atoms with E-state index in [-0.39, 0.29) is 12.0 Å². The molecule has 1 aromatic heterocycles. The van der Waals surface area contributed by atoms with Crippen LogP contribution in [0.3, 0.4) is 0 Å². The molecule has 0 spiro atoms. The van der Waals surface area contributed by atoms with Crippen molar-refractivity contribution in [3.05, 3.63) is 24.6 Å². The van der Waals surface area contributed by atoms with Crippen molar-refractivity contribution in [2.24, 2.45) is 0 Å². The number of hydrogen-bond donors (Lipinski definition) is 1. The molecular formula is C12H12N2O3. The minimum absolute atomic E-state index is 0.0960. The largest absolute Gasteiger partial charge is 0.443 e. The lowest BCUT2D eigenvalue weighted by Gasteiger charge is -2.09. The number of rotatable bonds is 2. The van der Waals surface area contributed by atoms with Gasteiger partial charge in [-0.15, -0.1) is 0 Å². The van der Waals surface area contributed by atoms with Gasteiger partial charge in [-0.2, -0.15) is 0 Å². The van der Waals surface area contributed by atoms with Gasteiger partial charge in [-0.3, -0.25) is 4.79 Å². The minimum atomic E-state index is -0.319. The maximum absolute atomic E-state index is 11.8. The molecule has 1 aliphatic rings. The zero-order chi connectivity index (χ0) is 11.7. The summed E-state index contributed by atoms with van der Waals surface area (Å²) >= 11 is 0. The molecule has 17 heavy (non-hydrogen) atoms. The number of hydrogen-bond acceptors (Lipinski definition) is 4. The lowest BCUT2D eigenvalue weighted by Crippen LogP contribution is -2.26. The Morgan fingerprint density at radius 1 is 1.47 bits per heavy atom. The van der Waals surface area contributed by atoms with E-state index in [0.29, 0.717) is 17.9 Å². The van der Waals surface area contributed by atoms with Crippen LogP contribution in [0, 0.1) is 0 Å². The molecule has 5 heteroatoms. The Bertz CT molecular complexity index is 543. The Morgan fingerprint density at radius 3 is 3.24 bits per heavy atom. The number of carbonyl (C=O) groups excluding carboxylic acids is 1. The highest BCUT2D eigenvalue weighted by atomic mass is 16.5. The number of amides is 1. The summed E-state index contributed by atoms with van der Waals surface area (Å²) in [5, 5.41) is 2.81. The molecule has 0 radical (unpaired) electrons. The van der Waals surface area contributed by atoms with Crippen LogP contribution in [0.4, 0.5) is 5.69 Å². The molecule has 1 aliphatic heterocycles. The fraction of sp³-hybridized carbons (Fsp3) is 0.333. The van der Waals surface area contributed by atoms with Gasteiger partial charge in [0.25, 0.3) is 5.91 Å². The topological polar surface area (TPSA) is 64.4 Å². The smallest absolute Gasteiger partial charge is 0.253 e. The first-order valence-electron chi connectivity index (χ1n) is 5.59. The van der Waals surface area contributed by atoms with Crippen LogP contribution in [-0.4, -0.2) is 23.6 Å². The van der Waals surface area contributed by atoms with Crippen LogP contribution in [-0.2, 0) is 9.53 Å². The minimum Gasteiger partial charge on any atom is -0.443 e. The van der Waals surface area contributed by atoms with Crippen LogP contribution in [0.15, 0.2) is 29.0 Å². The molecule has 1 atom stereocenters. The van der Waals surface area contributed by atoms with Crippen molar-refractivity contribution in [2.75, 3.05) is 11.9 Å². The van der Waals surface area contributed by atoms with Gasteiger partial charge in [0.05, 0.1) is 0 Å². The number of oxazole rings is 1. The maximum atomic E-state index is 11.8. The normalized spacial score (nSPS) is 19.6. The maximum Gasteiger partial charge on any atom is 0.253 e. The van der Waals surface area contributed by atoms with Crippen molar-refractivity contribution in [3.63, 3.8) is 0 Å². The van der Waals surface area contributed by atoms with Gasteiger partial charge in [-0.25, -0.2) is 4.98 Å². The third-order valence-electron chi connectivity index (χ3n) is 2.82. The van der Waals surface area contributed by atoms with Gasteiger partial charge in [0, 0.05) is 18.4 Å². The van der Waals surface area contributed by atoms with E-state index in [2.05, 4.69) is 10.3 Å². The Kier molecular flexibility index (Phi) is 2.53. The Labute approximate surface area is 97.8 Å². The lowest BCUT2D eigenvalue weighted by atomic mass is 10.2. The van der Waals surface area contributed by atoms with Gasteiger partial charge < -0.3 is 14.5 Å². The number of anilines is 1. The van der Waals surface area contributed by atoms with E-state index < -0.39 is 0 Å². The number of nitrogens with one attached hydrogen (secondary N) is 1. The van der Waals surface area contributed by atoms with Crippen LogP contribution >= 0.6 is 0 Å². The summed E-state index contributed by atoms with van der Waals surface area (Å²) < 4.78 is 10.5. The average Bonchev–Trinajstić information content (AvgIpc) is 2.99. The van der Waals surface area contributed by atoms with Crippen molar-refractivity contribution >= 4 is 22.7 Å². The molecule has 2 aromatic rings. The molecule has 3 rings (SSSR count). The highest BCUT2D eigenvalue weighted by molar-refractivity contribution is 5.95. The van der Waals surface area contributed by atoms with E-state index in [9.17, 15) is 4.79 Å². The second kappa shape index (κ2) is 4.18. The number of carbonyl (C=O) groups is 1. The van der Waals surface area contributed by atoms with Crippen molar-refractivity contribution in [2.45, 2.75) is 18.9 Å². The molecule has 5 nitrogen and oxygen atoms in total. The number of fused-ring (bicyclic) bond motifs is 1. The number of ether oxygens (including phenoxy) is 1. The van der Waals surface area contributed by atoms with Crippen LogP contribution in [0.5, 0.6) is 0 Å². The van der Waals surface area contributed by atoms with E-state index in [1.54, 1.807) is 12.1 Å². The van der Waals surface area contributed by atoms with Gasteiger partial charge in [0.1, 0.15) is 11.6 Å². The molecule has 88 valence electrons. The number of nitrogens with zero attached hydrogens (tertiary/aromatic N) is 1. The first-order chi connectivity index (χ1) is 8.33. The third-order valence-corrected chi connectivity index (χ3v) is 2.82. The monoisotopic (exact) mass is 232 g/mol. The molecular weight excluding hydrogens is 220 g/mol. The fourth-order valence-corrected chi connectivity index (χ4v) is 1.94. The summed E-state index contributed by atoms with van der Waals surface area (Å²) in [6.07, 6.45) is 2.80. The highest BCUT2D eigenvalue weighted by Gasteiger charge is 2.23. The Balaban J connectivity index is 1.77. The van der Waals surface area contributed by atoms with Gasteiger partial charge in [0.15, 0.2) is 12.0 Å². The van der Waals surface area contributed by atoms with E-state index >= 15 is 0 Å². The van der Waals surface area contributed by atoms with Crippen LogP contribution < -0.4 is 5.32 Å². The van der Waals surface area contributed by atoms with Crippen molar-refractivity contribution in [1.29, 1.82) is 0 Å². The quantitative estimate of drug-likeness (QED) is 0.859. The summed E-state index contributed by atoms with van der Waals surface area (Å²) in [5.74, 6) is -0.0960. The van der Waals surface area contributed by atoms with E-state index in [4.69, 9.17) is 9.15 Å². The molecule has 0 bridgehead atoms. The predicted molar refractivity (Wildman–Crippen MR) is 61.6 cm³/mol. The SMILES string of the molecule is O=C(Nc1ccc2ncoc2c1)C1CCCO1. The fourth-order valence-electron chi connectivity index (χ4n) is 1.94. The standard InChI is InChI=1S/C12H12N2O3/c15-12(10-2-1-5-16-10)14-8-3-4-9-11(6-8)17-7-13-9/h3-4,6-7,10H,1-2,5H2,(H,14,15). The molecule has 1 unspecified atom stereocenters. The summed E-state index contributed by atoms with van der Waals surface area (Å²) in [5.41, 5.74) is 2.14. The second-order valence-electron chi connectivity index (χ2n) is 4.03. The summed E-state index contributed by atoms with van der Waals surface area (Å²) in [6, 6.07) is 5.37. The Morgan fingerprint density at radius 2 is 2.41 bits per heavy atom. The van der Waals surface area contributed by atoms with Crippen LogP contribution in [0.1, 0.15) is 12.8 Å². The molecule has 1 amide bonds. The van der Waals surface area contributed by atoms with Gasteiger partial charge in [0.2, 0.25) is 0 Å². The molecule has 1 N–H and O–H groups in total. The summed E-state index contributed by atoms with van der Waals surface area (Å²) in [7, 11) is 0. The lowest BCUT2D eigenvalue weighted by molar-refractivity contribution is -0.124. The average molecular weight is 232 g/mol. The molecule has 0 saturated carbocycles. The van der Waals surface area contributed by atoms with Crippen molar-refractivity contribution in [3.8, 4) is 0 Å². The van der Waals surface area contributed by atoms with E-state index in [1.807, 2.05) is 6.07 Å². The first-order valence-corrected chi connectivity index (χ1v) is 5.59. The molecule has 1 fully saturated rings. The molecule has 0 aliphatic carbocycles. The van der Waals surface area contributed by atoms with Gasteiger partial charge >= 0.3 is 0 Å². The molecule has 1 aromatic carbocycles. The molecule has 2 heterocycles. The Hall–Kier alpha value is -1.88. The zero-order valence-electron chi connectivity index (χ0n) is 9.18. The summed E-state index contributed by atoms with van der Waals surface area (Å²) in [6.45, 7) is 0.666. The van der Waals surface area contributed by atoms with Crippen LogP contribution in [0.2, 0.25) is 0 Å². The number of aromatic nitrogens is 1. The second-order valence-corrected chi connectivity index (χ2v) is 4.03. The van der Waals surface area contributed by atoms with E-state index in [1.165, 1.54) is 6.39 Å². The number of benzene rings is 1. The highest BCUT2D eigenvalue weighted by Crippen LogP contribution is 2.19. The van der Waals surface area contributed by atoms with Gasteiger partial charge in [-0.1, -0.05) is 0 Å². The zero-order valence-corrected chi connectivity index (χ0v) is 9.18. The van der Waals surface area contributed by atoms with Crippen molar-refractivity contribution < 1.29 is 13.9 Å². The summed E-state index contributed by atoms with van der Waals surface area (Å²) in [4.78, 5) is 15.8. The van der Waals surface area contributed by atoms with Crippen molar-refractivity contribution in [1.82, 2.24) is 4.98 Å². The van der Waals surface area contributed by atoms with Crippen LogP contribution in [0.25, 0.3) is 11.1 Å². The van der Waals surface area contributed by atoms with E-state index in [0.717, 1.165) is 18.4 Å². The predicted octanol–water partition coefficient (Wildman–Crippen LogP) is 1.95. The first kappa shape index (κ1) is 10.3. The van der Waals surface area contributed by atoms with Gasteiger partial charge in [-0.05, 0) is 25.0 Å². The third kappa shape index (κ3) is 2.01. The molecule has 1 saturated heterocycles.